The Morgan fingerprint density at radius 2 is 1.62 bits per heavy atom. The number of aromatic carboxylic acids is 1. The van der Waals surface area contributed by atoms with E-state index in [0.29, 0.717) is 17.1 Å². The van der Waals surface area contributed by atoms with Crippen LogP contribution in [-0.4, -0.2) is 28.6 Å². The average molecular weight is 350 g/mol. The summed E-state index contributed by atoms with van der Waals surface area (Å²) in [5, 5.41) is 11.0. The van der Waals surface area contributed by atoms with Crippen molar-refractivity contribution in [3.8, 4) is 11.5 Å². The second-order valence-corrected chi connectivity index (χ2v) is 6.63. The van der Waals surface area contributed by atoms with Gasteiger partial charge in [-0.2, -0.15) is 0 Å². The highest BCUT2D eigenvalue weighted by atomic mass is 32.2. The Labute approximate surface area is 139 Å². The van der Waals surface area contributed by atoms with Crippen molar-refractivity contribution in [2.45, 2.75) is 11.8 Å². The molecule has 2 aromatic rings. The van der Waals surface area contributed by atoms with E-state index in [1.165, 1.54) is 38.5 Å². The number of ether oxygens (including phenoxy) is 2. The van der Waals surface area contributed by atoms with Crippen LogP contribution in [-0.2, 0) is 10.0 Å². The lowest BCUT2D eigenvalue weighted by Crippen LogP contribution is -2.23. The summed E-state index contributed by atoms with van der Waals surface area (Å²) < 4.78 is 37.8. The minimum absolute atomic E-state index is 0.147. The Morgan fingerprint density at radius 3 is 2.12 bits per heavy atom. The molecule has 2 rings (SSSR count). The van der Waals surface area contributed by atoms with E-state index in [-0.39, 0.29) is 16.1 Å². The van der Waals surface area contributed by atoms with Crippen molar-refractivity contribution in [2.75, 3.05) is 18.9 Å². The summed E-state index contributed by atoms with van der Waals surface area (Å²) in [5.74, 6) is -0.631. The molecule has 7 nitrogen and oxygen atoms in total. The molecule has 0 aliphatic heterocycles. The average Bonchev–Trinajstić information content (AvgIpc) is 2.53. The number of carbonyl (C=O) groups is 1. The van der Waals surface area contributed by atoms with Crippen LogP contribution >= 0.6 is 0 Å². The minimum atomic E-state index is -4.00. The Balaban J connectivity index is 2.46. The second-order valence-electron chi connectivity index (χ2n) is 4.97. The van der Waals surface area contributed by atoms with Gasteiger partial charge in [0, 0.05) is 18.2 Å². The molecule has 0 heterocycles. The molecule has 0 amide bonds. The predicted molar refractivity (Wildman–Crippen MR) is 85.9 cm³/mol. The molecule has 0 atom stereocenters. The zero-order chi connectivity index (χ0) is 17.9. The Hall–Kier alpha value is -2.74. The predicted octanol–water partition coefficient (Wildman–Crippen LogP) is 1.18. The van der Waals surface area contributed by atoms with Gasteiger partial charge in [-0.25, -0.2) is 8.42 Å². The minimum Gasteiger partial charge on any atom is -0.545 e. The first-order chi connectivity index (χ1) is 11.3. The van der Waals surface area contributed by atoms with Crippen molar-refractivity contribution in [3.63, 3.8) is 0 Å². The number of sulfonamides is 1. The van der Waals surface area contributed by atoms with Gasteiger partial charge in [-0.15, -0.1) is 0 Å². The number of hydrogen-bond donors (Lipinski definition) is 1. The van der Waals surface area contributed by atoms with Gasteiger partial charge in [0.1, 0.15) is 11.5 Å². The summed E-state index contributed by atoms with van der Waals surface area (Å²) in [6.45, 7) is 1.57. The Bertz CT molecular complexity index is 854. The lowest BCUT2D eigenvalue weighted by Gasteiger charge is -2.14. The molecule has 128 valence electrons. The molecule has 1 N–H and O–H groups in total. The van der Waals surface area contributed by atoms with Crippen molar-refractivity contribution < 1.29 is 27.8 Å². The largest absolute Gasteiger partial charge is 0.545 e. The van der Waals surface area contributed by atoms with Crippen LogP contribution < -0.4 is 19.3 Å². The summed E-state index contributed by atoms with van der Waals surface area (Å²) in [6, 6.07) is 8.32. The van der Waals surface area contributed by atoms with E-state index in [2.05, 4.69) is 4.72 Å². The number of rotatable bonds is 6. The van der Waals surface area contributed by atoms with E-state index in [1.807, 2.05) is 0 Å². The van der Waals surface area contributed by atoms with Gasteiger partial charge in [0.05, 0.1) is 30.8 Å². The maximum atomic E-state index is 12.6. The van der Waals surface area contributed by atoms with Gasteiger partial charge in [-0.1, -0.05) is 12.1 Å². The molecule has 0 fully saturated rings. The molecule has 2 aromatic carbocycles. The second kappa shape index (κ2) is 6.79. The lowest BCUT2D eigenvalue weighted by molar-refractivity contribution is -0.255. The fourth-order valence-electron chi connectivity index (χ4n) is 2.09. The molecule has 0 aliphatic rings. The van der Waals surface area contributed by atoms with Crippen molar-refractivity contribution in [1.29, 1.82) is 0 Å². The molecule has 0 unspecified atom stereocenters. The zero-order valence-corrected chi connectivity index (χ0v) is 14.1. The summed E-state index contributed by atoms with van der Waals surface area (Å²) in [6.07, 6.45) is 0. The number of anilines is 1. The van der Waals surface area contributed by atoms with Crippen molar-refractivity contribution in [3.05, 3.63) is 47.5 Å². The van der Waals surface area contributed by atoms with Crippen LogP contribution in [0, 0.1) is 6.92 Å². The molecule has 0 saturated carbocycles. The fraction of sp³-hybridized carbons (Fsp3) is 0.188. The SMILES string of the molecule is COc1cc(NS(=O)(=O)c2cc(C(=O)[O-])ccc2C)cc(OC)c1. The third-order valence-electron chi connectivity index (χ3n) is 3.32. The number of nitrogens with one attached hydrogen (secondary N) is 1. The number of hydrogen-bond acceptors (Lipinski definition) is 6. The zero-order valence-electron chi connectivity index (χ0n) is 13.3. The summed E-state index contributed by atoms with van der Waals surface area (Å²) in [5.41, 5.74) is 0.413. The molecule has 0 bridgehead atoms. The first-order valence-corrected chi connectivity index (χ1v) is 8.33. The first-order valence-electron chi connectivity index (χ1n) is 6.84. The van der Waals surface area contributed by atoms with E-state index in [4.69, 9.17) is 9.47 Å². The van der Waals surface area contributed by atoms with Crippen molar-refractivity contribution in [1.82, 2.24) is 0 Å². The molecule has 8 heteroatoms. The van der Waals surface area contributed by atoms with Crippen LogP contribution in [0.15, 0.2) is 41.3 Å². The highest BCUT2D eigenvalue weighted by molar-refractivity contribution is 7.92. The highest BCUT2D eigenvalue weighted by Gasteiger charge is 2.18. The quantitative estimate of drug-likeness (QED) is 0.839. The van der Waals surface area contributed by atoms with Gasteiger partial charge in [0.2, 0.25) is 0 Å². The first kappa shape index (κ1) is 17.6. The standard InChI is InChI=1S/C16H17NO6S/c1-10-4-5-11(16(18)19)6-15(10)24(20,21)17-12-7-13(22-2)9-14(8-12)23-3/h4-9,17H,1-3H3,(H,18,19)/p-1. The van der Waals surface area contributed by atoms with Gasteiger partial charge in [0.15, 0.2) is 0 Å². The van der Waals surface area contributed by atoms with Gasteiger partial charge in [0.25, 0.3) is 10.0 Å². The topological polar surface area (TPSA) is 105 Å². The molecular formula is C16H16NO6S-. The smallest absolute Gasteiger partial charge is 0.262 e. The van der Waals surface area contributed by atoms with Crippen molar-refractivity contribution >= 4 is 21.7 Å². The molecular weight excluding hydrogens is 334 g/mol. The summed E-state index contributed by atoms with van der Waals surface area (Å²) in [7, 11) is -1.11. The third-order valence-corrected chi connectivity index (χ3v) is 4.84. The maximum Gasteiger partial charge on any atom is 0.262 e. The van der Waals surface area contributed by atoms with Crippen LogP contribution in [0.1, 0.15) is 15.9 Å². The molecule has 0 spiro atoms. The third kappa shape index (κ3) is 3.77. The lowest BCUT2D eigenvalue weighted by atomic mass is 10.1. The number of carboxylic acid groups (broad SMARTS) is 1. The van der Waals surface area contributed by atoms with Gasteiger partial charge in [-0.3, -0.25) is 4.72 Å². The molecule has 24 heavy (non-hydrogen) atoms. The van der Waals surface area contributed by atoms with Gasteiger partial charge >= 0.3 is 0 Å². The summed E-state index contributed by atoms with van der Waals surface area (Å²) in [4.78, 5) is 10.8. The van der Waals surface area contributed by atoms with Crippen LogP contribution in [0.2, 0.25) is 0 Å². The van der Waals surface area contributed by atoms with Crippen molar-refractivity contribution in [2.24, 2.45) is 0 Å². The molecule has 0 aromatic heterocycles. The van der Waals surface area contributed by atoms with E-state index >= 15 is 0 Å². The Morgan fingerprint density at radius 1 is 1.04 bits per heavy atom. The molecule has 0 aliphatic carbocycles. The normalized spacial score (nSPS) is 11.0. The van der Waals surface area contributed by atoms with Crippen LogP contribution in [0.5, 0.6) is 11.5 Å². The number of benzene rings is 2. The van der Waals surface area contributed by atoms with E-state index in [1.54, 1.807) is 13.0 Å². The molecule has 0 saturated heterocycles. The van der Waals surface area contributed by atoms with Crippen LogP contribution in [0.4, 0.5) is 5.69 Å². The highest BCUT2D eigenvalue weighted by Crippen LogP contribution is 2.28. The van der Waals surface area contributed by atoms with E-state index in [0.717, 1.165) is 6.07 Å². The number of carbonyl (C=O) groups excluding carboxylic acids is 1. The maximum absolute atomic E-state index is 12.6. The molecule has 0 radical (unpaired) electrons. The fourth-order valence-corrected chi connectivity index (χ4v) is 3.41. The number of aryl methyl sites for hydroxylation is 1. The van der Waals surface area contributed by atoms with E-state index < -0.39 is 16.0 Å². The van der Waals surface area contributed by atoms with Gasteiger partial charge in [-0.05, 0) is 24.1 Å². The number of carboxylic acids is 1. The monoisotopic (exact) mass is 350 g/mol. The Kier molecular flexibility index (Phi) is 4.99. The summed E-state index contributed by atoms with van der Waals surface area (Å²) >= 11 is 0. The number of methoxy groups -OCH3 is 2. The van der Waals surface area contributed by atoms with Gasteiger partial charge < -0.3 is 19.4 Å². The van der Waals surface area contributed by atoms with Crippen LogP contribution in [0.25, 0.3) is 0 Å². The van der Waals surface area contributed by atoms with E-state index in [9.17, 15) is 18.3 Å². The van der Waals surface area contributed by atoms with Crippen LogP contribution in [0.3, 0.4) is 0 Å².